The van der Waals surface area contributed by atoms with Gasteiger partial charge in [0.05, 0.1) is 11.3 Å². The molecule has 0 radical (unpaired) electrons. The molecule has 0 unspecified atom stereocenters. The predicted octanol–water partition coefficient (Wildman–Crippen LogP) is 3.04. The minimum atomic E-state index is -0.984. The number of anilines is 3. The van der Waals surface area contributed by atoms with Gasteiger partial charge in [-0.15, -0.1) is 0 Å². The van der Waals surface area contributed by atoms with E-state index in [2.05, 4.69) is 0 Å². The fourth-order valence-electron chi connectivity index (χ4n) is 1.99. The zero-order valence-corrected chi connectivity index (χ0v) is 10.9. The average molecular weight is 256 g/mol. The number of carboxylic acids is 1. The maximum absolute atomic E-state index is 11.3. The van der Waals surface area contributed by atoms with E-state index in [4.69, 9.17) is 5.73 Å². The van der Waals surface area contributed by atoms with E-state index in [1.807, 2.05) is 43.1 Å². The molecule has 98 valence electrons. The van der Waals surface area contributed by atoms with Crippen LogP contribution in [0.15, 0.2) is 42.5 Å². The smallest absolute Gasteiger partial charge is 0.337 e. The molecule has 4 heteroatoms. The summed E-state index contributed by atoms with van der Waals surface area (Å²) in [4.78, 5) is 13.1. The fourth-order valence-corrected chi connectivity index (χ4v) is 1.99. The van der Waals surface area contributed by atoms with Crippen LogP contribution < -0.4 is 10.6 Å². The van der Waals surface area contributed by atoms with Crippen LogP contribution in [0, 0.1) is 6.92 Å². The largest absolute Gasteiger partial charge is 0.478 e. The van der Waals surface area contributed by atoms with Crippen LogP contribution >= 0.6 is 0 Å². The number of nitrogens with zero attached hydrogens (tertiary/aromatic N) is 1. The van der Waals surface area contributed by atoms with Crippen LogP contribution in [-0.2, 0) is 0 Å². The first-order valence-electron chi connectivity index (χ1n) is 5.92. The van der Waals surface area contributed by atoms with Gasteiger partial charge in [-0.3, -0.25) is 0 Å². The van der Waals surface area contributed by atoms with Crippen LogP contribution in [0.5, 0.6) is 0 Å². The minimum absolute atomic E-state index is 0.198. The van der Waals surface area contributed by atoms with Gasteiger partial charge in [0.15, 0.2) is 0 Å². The standard InChI is InChI=1S/C15H16N2O2/c1-10-4-3-5-12(8-10)17(2)14-7-6-11(16)9-13(14)15(18)19/h3-9H,16H2,1-2H3,(H,18,19). The van der Waals surface area contributed by atoms with Gasteiger partial charge in [0.25, 0.3) is 0 Å². The highest BCUT2D eigenvalue weighted by molar-refractivity contribution is 5.96. The molecule has 0 aliphatic carbocycles. The number of hydrogen-bond acceptors (Lipinski definition) is 3. The Hall–Kier alpha value is -2.49. The van der Waals surface area contributed by atoms with Crippen molar-refractivity contribution in [1.29, 1.82) is 0 Å². The summed E-state index contributed by atoms with van der Waals surface area (Å²) in [5.41, 5.74) is 8.96. The number of benzene rings is 2. The monoisotopic (exact) mass is 256 g/mol. The number of aromatic carboxylic acids is 1. The molecule has 0 saturated carbocycles. The van der Waals surface area contributed by atoms with Crippen molar-refractivity contribution in [1.82, 2.24) is 0 Å². The van der Waals surface area contributed by atoms with Crippen molar-refractivity contribution in [3.05, 3.63) is 53.6 Å². The van der Waals surface area contributed by atoms with Gasteiger partial charge in [0.1, 0.15) is 0 Å². The molecule has 0 aliphatic rings. The molecule has 0 atom stereocenters. The van der Waals surface area contributed by atoms with E-state index in [9.17, 15) is 9.90 Å². The summed E-state index contributed by atoms with van der Waals surface area (Å²) in [6, 6.07) is 12.8. The number of rotatable bonds is 3. The fraction of sp³-hybridized carbons (Fsp3) is 0.133. The van der Waals surface area contributed by atoms with Gasteiger partial charge in [-0.05, 0) is 42.8 Å². The van der Waals surface area contributed by atoms with Crippen LogP contribution in [-0.4, -0.2) is 18.1 Å². The van der Waals surface area contributed by atoms with Gasteiger partial charge in [0, 0.05) is 18.4 Å². The normalized spacial score (nSPS) is 10.2. The van der Waals surface area contributed by atoms with E-state index in [0.717, 1.165) is 11.3 Å². The molecule has 0 aliphatic heterocycles. The maximum atomic E-state index is 11.3. The van der Waals surface area contributed by atoms with Crippen molar-refractivity contribution < 1.29 is 9.90 Å². The molecule has 3 N–H and O–H groups in total. The Balaban J connectivity index is 2.49. The SMILES string of the molecule is Cc1cccc(N(C)c2ccc(N)cc2C(=O)O)c1. The third-order valence-corrected chi connectivity index (χ3v) is 3.00. The molecule has 2 aromatic carbocycles. The first-order chi connectivity index (χ1) is 8.99. The number of hydrogen-bond donors (Lipinski definition) is 2. The Morgan fingerprint density at radius 3 is 2.58 bits per heavy atom. The van der Waals surface area contributed by atoms with Gasteiger partial charge in [-0.2, -0.15) is 0 Å². The molecule has 2 rings (SSSR count). The molecular formula is C15H16N2O2. The van der Waals surface area contributed by atoms with Crippen molar-refractivity contribution >= 4 is 23.0 Å². The summed E-state index contributed by atoms with van der Waals surface area (Å²) in [5.74, 6) is -0.984. The molecule has 2 aromatic rings. The Labute approximate surface area is 112 Å². The van der Waals surface area contributed by atoms with Crippen molar-refractivity contribution in [2.24, 2.45) is 0 Å². The molecule has 4 nitrogen and oxygen atoms in total. The third-order valence-electron chi connectivity index (χ3n) is 3.00. The second-order valence-electron chi connectivity index (χ2n) is 4.48. The first-order valence-corrected chi connectivity index (χ1v) is 5.92. The number of nitrogens with two attached hydrogens (primary N) is 1. The number of carbonyl (C=O) groups is 1. The Kier molecular flexibility index (Phi) is 3.42. The average Bonchev–Trinajstić information content (AvgIpc) is 2.37. The van der Waals surface area contributed by atoms with E-state index < -0.39 is 5.97 Å². The zero-order chi connectivity index (χ0) is 14.0. The van der Waals surface area contributed by atoms with Crippen molar-refractivity contribution in [3.8, 4) is 0 Å². The lowest BCUT2D eigenvalue weighted by Gasteiger charge is -2.22. The molecule has 0 bridgehead atoms. The van der Waals surface area contributed by atoms with Gasteiger partial charge >= 0.3 is 5.97 Å². The van der Waals surface area contributed by atoms with Crippen LogP contribution in [0.1, 0.15) is 15.9 Å². The van der Waals surface area contributed by atoms with E-state index in [1.165, 1.54) is 6.07 Å². The molecule has 0 fully saturated rings. The zero-order valence-electron chi connectivity index (χ0n) is 10.9. The van der Waals surface area contributed by atoms with Gasteiger partial charge in [-0.25, -0.2) is 4.79 Å². The second-order valence-corrected chi connectivity index (χ2v) is 4.48. The highest BCUT2D eigenvalue weighted by atomic mass is 16.4. The highest BCUT2D eigenvalue weighted by Gasteiger charge is 2.15. The summed E-state index contributed by atoms with van der Waals surface area (Å²) < 4.78 is 0. The second kappa shape index (κ2) is 5.02. The van der Waals surface area contributed by atoms with Crippen molar-refractivity contribution in [2.75, 3.05) is 17.7 Å². The predicted molar refractivity (Wildman–Crippen MR) is 77.1 cm³/mol. The summed E-state index contributed by atoms with van der Waals surface area (Å²) in [6.07, 6.45) is 0. The summed E-state index contributed by atoms with van der Waals surface area (Å²) in [6.45, 7) is 2.00. The van der Waals surface area contributed by atoms with Crippen LogP contribution in [0.4, 0.5) is 17.1 Å². The molecule has 0 saturated heterocycles. The van der Waals surface area contributed by atoms with Gasteiger partial charge in [-0.1, -0.05) is 12.1 Å². The first kappa shape index (κ1) is 13.0. The molecular weight excluding hydrogens is 240 g/mol. The molecule has 0 amide bonds. The minimum Gasteiger partial charge on any atom is -0.478 e. The maximum Gasteiger partial charge on any atom is 0.337 e. The summed E-state index contributed by atoms with van der Waals surface area (Å²) in [5, 5.41) is 9.26. The van der Waals surface area contributed by atoms with Gasteiger partial charge in [0.2, 0.25) is 0 Å². The Bertz CT molecular complexity index is 623. The summed E-state index contributed by atoms with van der Waals surface area (Å²) in [7, 11) is 1.84. The summed E-state index contributed by atoms with van der Waals surface area (Å²) >= 11 is 0. The topological polar surface area (TPSA) is 66.6 Å². The lowest BCUT2D eigenvalue weighted by atomic mass is 10.1. The molecule has 19 heavy (non-hydrogen) atoms. The number of nitrogen functional groups attached to an aromatic ring is 1. The molecule has 0 heterocycles. The van der Waals surface area contributed by atoms with E-state index in [0.29, 0.717) is 11.4 Å². The Morgan fingerprint density at radius 1 is 1.21 bits per heavy atom. The highest BCUT2D eigenvalue weighted by Crippen LogP contribution is 2.29. The lowest BCUT2D eigenvalue weighted by Crippen LogP contribution is -2.14. The van der Waals surface area contributed by atoms with E-state index in [-0.39, 0.29) is 5.56 Å². The van der Waals surface area contributed by atoms with Crippen molar-refractivity contribution in [3.63, 3.8) is 0 Å². The Morgan fingerprint density at radius 2 is 1.95 bits per heavy atom. The van der Waals surface area contributed by atoms with Crippen molar-refractivity contribution in [2.45, 2.75) is 6.92 Å². The molecule has 0 aromatic heterocycles. The van der Waals surface area contributed by atoms with Crippen LogP contribution in [0.3, 0.4) is 0 Å². The van der Waals surface area contributed by atoms with E-state index >= 15 is 0 Å². The van der Waals surface area contributed by atoms with Crippen LogP contribution in [0.25, 0.3) is 0 Å². The van der Waals surface area contributed by atoms with Crippen LogP contribution in [0.2, 0.25) is 0 Å². The van der Waals surface area contributed by atoms with Gasteiger partial charge < -0.3 is 15.7 Å². The number of aryl methyl sites for hydroxylation is 1. The quantitative estimate of drug-likeness (QED) is 0.828. The van der Waals surface area contributed by atoms with E-state index in [1.54, 1.807) is 12.1 Å². The molecule has 0 spiro atoms. The number of carboxylic acid groups (broad SMARTS) is 1. The lowest BCUT2D eigenvalue weighted by molar-refractivity contribution is 0.0697. The third kappa shape index (κ3) is 2.68.